The van der Waals surface area contributed by atoms with Crippen LogP contribution in [0, 0.1) is 23.3 Å². The molecule has 4 heterocycles. The lowest BCUT2D eigenvalue weighted by Crippen LogP contribution is -2.28. The number of halogens is 7. The lowest BCUT2D eigenvalue weighted by atomic mass is 10.1. The number of thiazole rings is 2. The molecule has 21 heteroatoms. The fourth-order valence-corrected chi connectivity index (χ4v) is 5.98. The van der Waals surface area contributed by atoms with E-state index in [0.29, 0.717) is 40.8 Å². The van der Waals surface area contributed by atoms with Crippen molar-refractivity contribution >= 4 is 91.0 Å². The number of hydrogen-bond acceptors (Lipinski definition) is 12. The minimum atomic E-state index is -2.24. The summed E-state index contributed by atoms with van der Waals surface area (Å²) in [5, 5.41) is 4.59. The molecule has 0 aliphatic heterocycles. The number of pyridine rings is 2. The van der Waals surface area contributed by atoms with Crippen LogP contribution in [0.4, 0.5) is 26.7 Å². The molecule has 6 aromatic rings. The summed E-state index contributed by atoms with van der Waals surface area (Å²) in [4.78, 5) is 61.5. The third kappa shape index (κ3) is 8.87. The number of imide groups is 2. The molecule has 6 rings (SSSR count). The number of carbonyl (C=O) groups excluding carboxylic acids is 4. The van der Waals surface area contributed by atoms with Crippen molar-refractivity contribution in [2.45, 2.75) is 13.2 Å². The molecular weight excluding hydrogens is 770 g/mol. The van der Waals surface area contributed by atoms with E-state index in [0.717, 1.165) is 29.6 Å². The molecule has 4 amide bonds. The lowest BCUT2D eigenvalue weighted by Gasteiger charge is -2.09. The average molecular weight is 786 g/mol. The maximum absolute atomic E-state index is 14.3. The van der Waals surface area contributed by atoms with Crippen LogP contribution in [0.5, 0.6) is 11.5 Å². The molecule has 0 spiro atoms. The summed E-state index contributed by atoms with van der Waals surface area (Å²) in [5.41, 5.74) is -0.933. The highest BCUT2D eigenvalue weighted by molar-refractivity contribution is 7.18. The molecule has 4 aromatic heterocycles. The zero-order valence-electron chi connectivity index (χ0n) is 24.8. The Kier molecular flexibility index (Phi) is 11.7. The Bertz CT molecular complexity index is 2330. The maximum atomic E-state index is 14.3. The number of hydrogen-bond donors (Lipinski definition) is 2. The van der Waals surface area contributed by atoms with Crippen LogP contribution in [-0.4, -0.2) is 44.3 Å². The van der Waals surface area contributed by atoms with Gasteiger partial charge in [-0.1, -0.05) is 45.9 Å². The molecule has 2 aromatic carbocycles. The van der Waals surface area contributed by atoms with Crippen LogP contribution in [0.2, 0.25) is 10.0 Å². The zero-order chi connectivity index (χ0) is 36.8. The molecule has 0 atom stereocenters. The second-order valence-electron chi connectivity index (χ2n) is 9.54. The van der Waals surface area contributed by atoms with Gasteiger partial charge in [-0.05, 0) is 36.4 Å². The number of nitrogens with one attached hydrogen (secondary N) is 2. The largest absolute Gasteiger partial charge is 0.483 e. The van der Waals surface area contributed by atoms with Crippen molar-refractivity contribution in [1.82, 2.24) is 30.6 Å². The Balaban J connectivity index is 0.000000198. The molecule has 262 valence electrons. The second kappa shape index (κ2) is 16.1. The van der Waals surface area contributed by atoms with Crippen LogP contribution in [0.15, 0.2) is 48.8 Å². The van der Waals surface area contributed by atoms with Crippen molar-refractivity contribution < 1.29 is 50.6 Å². The van der Waals surface area contributed by atoms with Crippen molar-refractivity contribution in [3.8, 4) is 11.5 Å². The zero-order valence-corrected chi connectivity index (χ0v) is 28.0. The van der Waals surface area contributed by atoms with Crippen molar-refractivity contribution in [1.29, 1.82) is 0 Å². The predicted octanol–water partition coefficient (Wildman–Crippen LogP) is 7.11. The van der Waals surface area contributed by atoms with Crippen molar-refractivity contribution in [2.24, 2.45) is 0 Å². The SMILES string of the molecule is O=C(F)NC(=O)c1c(F)ccc(OCc2nc3cc(Cl)cnc3s2)c1F.O=CNC(=O)c1c(F)ccc(OCc2nc3cc(Cl)cnc3s2)c1F. The standard InChI is InChI=1S/C15H7ClF3N3O3S.C15H8ClF2N3O3S/c16-6-3-8-14(20-4-6)26-10(21-8)5-25-9-2-1-7(17)11(12(9)18)13(23)22-15(19)24;16-7-3-9-15(19-4-7)25-11(21-9)5-24-10-2-1-8(17)12(13(10)18)14(23)20-6-22/h1-4H,5H2,(H,22,23,24);1-4,6H,5H2,(H,20,22,23). The minimum absolute atomic E-state index is 0.0357. The van der Waals surface area contributed by atoms with Crippen molar-refractivity contribution in [3.05, 3.63) is 103 Å². The van der Waals surface area contributed by atoms with Crippen LogP contribution < -0.4 is 20.1 Å². The number of carbonyl (C=O) groups is 4. The first kappa shape index (κ1) is 36.9. The number of aromatic nitrogens is 4. The number of amides is 4. The van der Waals surface area contributed by atoms with Crippen LogP contribution in [-0.2, 0) is 18.0 Å². The number of fused-ring (bicyclic) bond motifs is 2. The molecule has 0 aliphatic rings. The summed E-state index contributed by atoms with van der Waals surface area (Å²) >= 11 is 14.1. The molecule has 51 heavy (non-hydrogen) atoms. The number of benzene rings is 2. The van der Waals surface area contributed by atoms with Gasteiger partial charge in [0.1, 0.15) is 66.7 Å². The first-order valence-electron chi connectivity index (χ1n) is 13.6. The first-order valence-corrected chi connectivity index (χ1v) is 16.0. The van der Waals surface area contributed by atoms with E-state index in [1.165, 1.54) is 35.1 Å². The normalized spacial score (nSPS) is 10.7. The van der Waals surface area contributed by atoms with Gasteiger partial charge in [0.15, 0.2) is 23.1 Å². The highest BCUT2D eigenvalue weighted by Crippen LogP contribution is 2.29. The van der Waals surface area contributed by atoms with Gasteiger partial charge in [0.2, 0.25) is 6.41 Å². The highest BCUT2D eigenvalue weighted by Gasteiger charge is 2.24. The van der Waals surface area contributed by atoms with E-state index in [-0.39, 0.29) is 25.4 Å². The monoisotopic (exact) mass is 784 g/mol. The molecule has 12 nitrogen and oxygen atoms in total. The second-order valence-corrected chi connectivity index (χ2v) is 12.5. The predicted molar refractivity (Wildman–Crippen MR) is 174 cm³/mol. The summed E-state index contributed by atoms with van der Waals surface area (Å²) < 4.78 is 78.6. The van der Waals surface area contributed by atoms with Gasteiger partial charge in [0, 0.05) is 12.4 Å². The Hall–Kier alpha value is -5.37. The van der Waals surface area contributed by atoms with E-state index >= 15 is 0 Å². The third-order valence-corrected chi connectivity index (χ3v) is 8.51. The summed E-state index contributed by atoms with van der Waals surface area (Å²) in [6.07, 6.45) is 0.725. The summed E-state index contributed by atoms with van der Waals surface area (Å²) in [6.45, 7) is -0.305. The van der Waals surface area contributed by atoms with Crippen LogP contribution in [0.25, 0.3) is 20.7 Å². The Labute approximate surface area is 299 Å². The van der Waals surface area contributed by atoms with Gasteiger partial charge < -0.3 is 9.47 Å². The number of nitrogens with zero attached hydrogens (tertiary/aromatic N) is 4. The molecule has 0 saturated heterocycles. The van der Waals surface area contributed by atoms with Gasteiger partial charge in [0.25, 0.3) is 11.8 Å². The molecule has 0 fully saturated rings. The highest BCUT2D eigenvalue weighted by atomic mass is 35.5. The Morgan fingerprint density at radius 3 is 1.63 bits per heavy atom. The van der Waals surface area contributed by atoms with E-state index in [9.17, 15) is 41.1 Å². The van der Waals surface area contributed by atoms with Crippen molar-refractivity contribution in [2.75, 3.05) is 0 Å². The van der Waals surface area contributed by atoms with E-state index < -0.39 is 58.1 Å². The number of ether oxygens (including phenoxy) is 2. The lowest BCUT2D eigenvalue weighted by molar-refractivity contribution is -0.108. The summed E-state index contributed by atoms with van der Waals surface area (Å²) in [5.74, 6) is -8.52. The maximum Gasteiger partial charge on any atom is 0.404 e. The van der Waals surface area contributed by atoms with Gasteiger partial charge in [0.05, 0.1) is 10.0 Å². The smallest absolute Gasteiger partial charge is 0.404 e. The van der Waals surface area contributed by atoms with Gasteiger partial charge >= 0.3 is 6.16 Å². The molecule has 0 saturated carbocycles. The van der Waals surface area contributed by atoms with Crippen LogP contribution >= 0.6 is 45.9 Å². The molecule has 2 N–H and O–H groups in total. The fraction of sp³-hybridized carbons (Fsp3) is 0.0667. The van der Waals surface area contributed by atoms with E-state index in [4.69, 9.17) is 32.7 Å². The average Bonchev–Trinajstić information content (AvgIpc) is 3.67. The van der Waals surface area contributed by atoms with E-state index in [1.807, 2.05) is 0 Å². The van der Waals surface area contributed by atoms with E-state index in [1.54, 1.807) is 17.4 Å². The molecule has 0 bridgehead atoms. The first-order chi connectivity index (χ1) is 24.3. The molecule has 0 aliphatic carbocycles. The van der Waals surface area contributed by atoms with Crippen LogP contribution in [0.1, 0.15) is 30.7 Å². The Morgan fingerprint density at radius 1 is 0.745 bits per heavy atom. The van der Waals surface area contributed by atoms with Gasteiger partial charge in [-0.25, -0.2) is 42.3 Å². The van der Waals surface area contributed by atoms with E-state index in [2.05, 4.69) is 19.9 Å². The summed E-state index contributed by atoms with van der Waals surface area (Å²) in [7, 11) is 0. The molecule has 0 radical (unpaired) electrons. The Morgan fingerprint density at radius 2 is 1.20 bits per heavy atom. The van der Waals surface area contributed by atoms with Crippen molar-refractivity contribution in [3.63, 3.8) is 0 Å². The molecule has 0 unspecified atom stereocenters. The minimum Gasteiger partial charge on any atom is -0.483 e. The quantitative estimate of drug-likeness (QED) is 0.0669. The van der Waals surface area contributed by atoms with Gasteiger partial charge in [-0.3, -0.25) is 25.0 Å². The number of rotatable bonds is 9. The summed E-state index contributed by atoms with van der Waals surface area (Å²) in [6, 6.07) is 6.86. The molecular formula is C30H15Cl2F5N6O6S2. The topological polar surface area (TPSA) is 162 Å². The third-order valence-electron chi connectivity index (χ3n) is 6.19. The fourth-order valence-electron chi connectivity index (χ4n) is 4.07. The van der Waals surface area contributed by atoms with Gasteiger partial charge in [-0.15, -0.1) is 4.39 Å². The van der Waals surface area contributed by atoms with Gasteiger partial charge in [-0.2, -0.15) is 0 Å². The van der Waals surface area contributed by atoms with Crippen LogP contribution in [0.3, 0.4) is 0 Å².